The minimum atomic E-state index is -0.711. The predicted octanol–water partition coefficient (Wildman–Crippen LogP) is 1.92. The first-order valence-corrected chi connectivity index (χ1v) is 6.50. The smallest absolute Gasteiger partial charge is 0.305 e. The van der Waals surface area contributed by atoms with E-state index in [2.05, 4.69) is 10.2 Å². The van der Waals surface area contributed by atoms with Gasteiger partial charge in [0.15, 0.2) is 0 Å². The Morgan fingerprint density at radius 2 is 2.37 bits per heavy atom. The molecule has 0 radical (unpaired) electrons. The monoisotopic (exact) mass is 267 g/mol. The normalized spacial score (nSPS) is 19.0. The van der Waals surface area contributed by atoms with Crippen LogP contribution in [0.3, 0.4) is 0 Å². The lowest BCUT2D eigenvalue weighted by Crippen LogP contribution is -2.36. The molecule has 5 nitrogen and oxygen atoms in total. The Labute approximate surface area is 111 Å². The number of nitrogens with one attached hydrogen (secondary N) is 1. The second-order valence-corrected chi connectivity index (χ2v) is 4.72. The van der Waals surface area contributed by atoms with Crippen LogP contribution in [0.4, 0.5) is 10.1 Å². The SMILES string of the molecule is CCN(Cc1cccc([N+](=O)[O-])c1F)C1CCNC1. The summed E-state index contributed by atoms with van der Waals surface area (Å²) in [4.78, 5) is 12.2. The second-order valence-electron chi connectivity index (χ2n) is 4.72. The van der Waals surface area contributed by atoms with Crippen molar-refractivity contribution in [2.75, 3.05) is 19.6 Å². The van der Waals surface area contributed by atoms with Gasteiger partial charge in [0.25, 0.3) is 0 Å². The molecule has 1 N–H and O–H groups in total. The molecule has 0 spiro atoms. The molecule has 19 heavy (non-hydrogen) atoms. The van der Waals surface area contributed by atoms with Crippen molar-refractivity contribution in [3.8, 4) is 0 Å². The Bertz CT molecular complexity index is 461. The number of nitro groups is 1. The Hall–Kier alpha value is -1.53. The van der Waals surface area contributed by atoms with Crippen molar-refractivity contribution < 1.29 is 9.31 Å². The molecule has 1 aliphatic heterocycles. The molecule has 1 aromatic carbocycles. The highest BCUT2D eigenvalue weighted by Crippen LogP contribution is 2.22. The van der Waals surface area contributed by atoms with Gasteiger partial charge >= 0.3 is 5.69 Å². The Balaban J connectivity index is 2.17. The van der Waals surface area contributed by atoms with Gasteiger partial charge in [0, 0.05) is 30.8 Å². The van der Waals surface area contributed by atoms with Gasteiger partial charge in [-0.2, -0.15) is 4.39 Å². The van der Waals surface area contributed by atoms with Crippen LogP contribution >= 0.6 is 0 Å². The lowest BCUT2D eigenvalue weighted by atomic mass is 10.1. The Kier molecular flexibility index (Phi) is 4.44. The van der Waals surface area contributed by atoms with E-state index >= 15 is 0 Å². The summed E-state index contributed by atoms with van der Waals surface area (Å²) in [6, 6.07) is 4.74. The zero-order valence-electron chi connectivity index (χ0n) is 10.9. The summed E-state index contributed by atoms with van der Waals surface area (Å²) in [5.74, 6) is -0.711. The number of benzene rings is 1. The van der Waals surface area contributed by atoms with Gasteiger partial charge in [-0.05, 0) is 19.5 Å². The van der Waals surface area contributed by atoms with Crippen molar-refractivity contribution >= 4 is 5.69 Å². The van der Waals surface area contributed by atoms with Crippen LogP contribution in [-0.4, -0.2) is 35.5 Å². The van der Waals surface area contributed by atoms with Gasteiger partial charge in [-0.1, -0.05) is 19.1 Å². The predicted molar refractivity (Wildman–Crippen MR) is 70.4 cm³/mol. The number of nitro benzene ring substituents is 1. The zero-order chi connectivity index (χ0) is 13.8. The van der Waals surface area contributed by atoms with Crippen LogP contribution in [0.25, 0.3) is 0 Å². The van der Waals surface area contributed by atoms with Crippen molar-refractivity contribution in [3.63, 3.8) is 0 Å². The largest absolute Gasteiger partial charge is 0.315 e. The van der Waals surface area contributed by atoms with Crippen molar-refractivity contribution in [2.24, 2.45) is 0 Å². The third kappa shape index (κ3) is 3.08. The fourth-order valence-electron chi connectivity index (χ4n) is 2.50. The van der Waals surface area contributed by atoms with Crippen molar-refractivity contribution in [3.05, 3.63) is 39.7 Å². The average Bonchev–Trinajstić information content (AvgIpc) is 2.91. The number of hydrogen-bond donors (Lipinski definition) is 1. The molecule has 0 aliphatic carbocycles. The van der Waals surface area contributed by atoms with Crippen LogP contribution in [0, 0.1) is 15.9 Å². The fourth-order valence-corrected chi connectivity index (χ4v) is 2.50. The van der Waals surface area contributed by atoms with E-state index in [0.29, 0.717) is 18.2 Å². The molecule has 1 atom stereocenters. The van der Waals surface area contributed by atoms with Gasteiger partial charge in [-0.15, -0.1) is 0 Å². The van der Waals surface area contributed by atoms with E-state index in [0.717, 1.165) is 26.1 Å². The molecule has 1 heterocycles. The molecule has 0 amide bonds. The topological polar surface area (TPSA) is 58.4 Å². The number of rotatable bonds is 5. The highest BCUT2D eigenvalue weighted by molar-refractivity contribution is 5.36. The van der Waals surface area contributed by atoms with E-state index in [-0.39, 0.29) is 0 Å². The third-order valence-corrected chi connectivity index (χ3v) is 3.59. The molecule has 0 bridgehead atoms. The third-order valence-electron chi connectivity index (χ3n) is 3.59. The van der Waals surface area contributed by atoms with E-state index in [1.54, 1.807) is 6.07 Å². The molecule has 1 aliphatic rings. The number of nitrogens with zero attached hydrogens (tertiary/aromatic N) is 2. The first-order chi connectivity index (χ1) is 9.13. The first kappa shape index (κ1) is 13.9. The molecule has 1 unspecified atom stereocenters. The van der Waals surface area contributed by atoms with E-state index in [4.69, 9.17) is 0 Å². The lowest BCUT2D eigenvalue weighted by molar-refractivity contribution is -0.387. The molecule has 0 aromatic heterocycles. The van der Waals surface area contributed by atoms with Crippen LogP contribution in [-0.2, 0) is 6.54 Å². The van der Waals surface area contributed by atoms with Crippen molar-refractivity contribution in [1.29, 1.82) is 0 Å². The van der Waals surface area contributed by atoms with Crippen LogP contribution in [0.2, 0.25) is 0 Å². The molecule has 2 rings (SSSR count). The summed E-state index contributed by atoms with van der Waals surface area (Å²) >= 11 is 0. The molecule has 1 fully saturated rings. The molecular formula is C13H18FN3O2. The van der Waals surface area contributed by atoms with Crippen LogP contribution in [0.15, 0.2) is 18.2 Å². The van der Waals surface area contributed by atoms with E-state index in [1.807, 2.05) is 6.92 Å². The minimum absolute atomic E-state index is 0.378. The Morgan fingerprint density at radius 3 is 2.95 bits per heavy atom. The number of hydrogen-bond acceptors (Lipinski definition) is 4. The molecule has 0 saturated carbocycles. The van der Waals surface area contributed by atoms with Crippen LogP contribution < -0.4 is 5.32 Å². The lowest BCUT2D eigenvalue weighted by Gasteiger charge is -2.26. The average molecular weight is 267 g/mol. The van der Waals surface area contributed by atoms with Crippen molar-refractivity contribution in [1.82, 2.24) is 10.2 Å². The van der Waals surface area contributed by atoms with Gasteiger partial charge in [0.2, 0.25) is 5.82 Å². The summed E-state index contributed by atoms with van der Waals surface area (Å²) in [6.45, 7) is 5.10. The van der Waals surface area contributed by atoms with Gasteiger partial charge < -0.3 is 5.32 Å². The van der Waals surface area contributed by atoms with E-state index in [1.165, 1.54) is 12.1 Å². The van der Waals surface area contributed by atoms with Gasteiger partial charge in [0.1, 0.15) is 0 Å². The van der Waals surface area contributed by atoms with Gasteiger partial charge in [-0.3, -0.25) is 15.0 Å². The van der Waals surface area contributed by atoms with Gasteiger partial charge in [0.05, 0.1) is 4.92 Å². The van der Waals surface area contributed by atoms with Gasteiger partial charge in [-0.25, -0.2) is 0 Å². The Morgan fingerprint density at radius 1 is 1.58 bits per heavy atom. The summed E-state index contributed by atoms with van der Waals surface area (Å²) < 4.78 is 14.0. The molecule has 104 valence electrons. The maximum Gasteiger partial charge on any atom is 0.305 e. The van der Waals surface area contributed by atoms with Crippen molar-refractivity contribution in [2.45, 2.75) is 25.9 Å². The summed E-state index contributed by atoms with van der Waals surface area (Å²) in [7, 11) is 0. The summed E-state index contributed by atoms with van der Waals surface area (Å²) in [5, 5.41) is 14.0. The summed E-state index contributed by atoms with van der Waals surface area (Å²) in [6.07, 6.45) is 1.03. The maximum absolute atomic E-state index is 14.0. The first-order valence-electron chi connectivity index (χ1n) is 6.50. The fraction of sp³-hybridized carbons (Fsp3) is 0.538. The quantitative estimate of drug-likeness (QED) is 0.654. The summed E-state index contributed by atoms with van der Waals surface area (Å²) in [5.41, 5.74) is -0.0546. The van der Waals surface area contributed by atoms with Crippen LogP contribution in [0.5, 0.6) is 0 Å². The second kappa shape index (κ2) is 6.08. The maximum atomic E-state index is 14.0. The van der Waals surface area contributed by atoms with E-state index < -0.39 is 16.4 Å². The van der Waals surface area contributed by atoms with E-state index in [9.17, 15) is 14.5 Å². The molecule has 1 aromatic rings. The number of halogens is 1. The standard InChI is InChI=1S/C13H18FN3O2/c1-2-16(11-6-7-15-8-11)9-10-4-3-5-12(13(10)14)17(18)19/h3-5,11,15H,2,6-9H2,1H3. The molecule has 6 heteroatoms. The minimum Gasteiger partial charge on any atom is -0.315 e. The molecule has 1 saturated heterocycles. The highest BCUT2D eigenvalue weighted by Gasteiger charge is 2.24. The highest BCUT2D eigenvalue weighted by atomic mass is 19.1. The number of likely N-dealkylation sites (N-methyl/N-ethyl adjacent to an activating group) is 1. The molecular weight excluding hydrogens is 249 g/mol. The zero-order valence-corrected chi connectivity index (χ0v) is 10.9. The van der Waals surface area contributed by atoms with Crippen LogP contribution in [0.1, 0.15) is 18.9 Å².